The van der Waals surface area contributed by atoms with Crippen LogP contribution in [0.5, 0.6) is 0 Å². The van der Waals surface area contributed by atoms with Gasteiger partial charge in [-0.05, 0) is 31.5 Å². The lowest BCUT2D eigenvalue weighted by atomic mass is 10.2. The normalized spacial score (nSPS) is 12.2. The van der Waals surface area contributed by atoms with Gasteiger partial charge in [-0.15, -0.1) is 0 Å². The quantitative estimate of drug-likeness (QED) is 0.596. The SMILES string of the molecule is COCCCOC(C)C(=O)Nc1ccc(Cl)cc1N. The first-order chi connectivity index (χ1) is 9.04. The average Bonchev–Trinajstić information content (AvgIpc) is 2.37. The third kappa shape index (κ3) is 5.46. The van der Waals surface area contributed by atoms with Crippen molar-refractivity contribution in [1.29, 1.82) is 0 Å². The summed E-state index contributed by atoms with van der Waals surface area (Å²) < 4.78 is 10.3. The van der Waals surface area contributed by atoms with Crippen LogP contribution in [-0.2, 0) is 14.3 Å². The van der Waals surface area contributed by atoms with Crippen LogP contribution in [0.15, 0.2) is 18.2 Å². The monoisotopic (exact) mass is 286 g/mol. The maximum atomic E-state index is 11.9. The number of nitrogens with two attached hydrogens (primary N) is 1. The molecule has 0 spiro atoms. The number of halogens is 1. The Kier molecular flexibility index (Phi) is 6.62. The fourth-order valence-electron chi connectivity index (χ4n) is 1.42. The minimum Gasteiger partial charge on any atom is -0.397 e. The summed E-state index contributed by atoms with van der Waals surface area (Å²) in [5.41, 5.74) is 6.71. The Morgan fingerprint density at radius 2 is 2.21 bits per heavy atom. The predicted octanol–water partition coefficient (Wildman–Crippen LogP) is 2.30. The van der Waals surface area contributed by atoms with Gasteiger partial charge >= 0.3 is 0 Å². The maximum Gasteiger partial charge on any atom is 0.253 e. The van der Waals surface area contributed by atoms with E-state index in [0.717, 1.165) is 6.42 Å². The van der Waals surface area contributed by atoms with Crippen LogP contribution in [-0.4, -0.2) is 32.3 Å². The fourth-order valence-corrected chi connectivity index (χ4v) is 1.60. The van der Waals surface area contributed by atoms with Crippen molar-refractivity contribution in [3.63, 3.8) is 0 Å². The van der Waals surface area contributed by atoms with Gasteiger partial charge in [-0.1, -0.05) is 11.6 Å². The Balaban J connectivity index is 2.45. The lowest BCUT2D eigenvalue weighted by Crippen LogP contribution is -2.28. The zero-order chi connectivity index (χ0) is 14.3. The first-order valence-corrected chi connectivity index (χ1v) is 6.39. The molecule has 19 heavy (non-hydrogen) atoms. The zero-order valence-electron chi connectivity index (χ0n) is 11.1. The van der Waals surface area contributed by atoms with Crippen molar-refractivity contribution in [1.82, 2.24) is 0 Å². The number of nitrogen functional groups attached to an aromatic ring is 1. The number of carbonyl (C=O) groups excluding carboxylic acids is 1. The Morgan fingerprint density at radius 3 is 2.84 bits per heavy atom. The molecule has 0 aliphatic rings. The van der Waals surface area contributed by atoms with Gasteiger partial charge in [0.1, 0.15) is 6.10 Å². The van der Waals surface area contributed by atoms with Gasteiger partial charge in [-0.25, -0.2) is 0 Å². The molecule has 0 aromatic heterocycles. The number of carbonyl (C=O) groups is 1. The molecule has 1 aromatic carbocycles. The van der Waals surface area contributed by atoms with E-state index in [-0.39, 0.29) is 5.91 Å². The highest BCUT2D eigenvalue weighted by atomic mass is 35.5. The molecule has 1 rings (SSSR count). The van der Waals surface area contributed by atoms with E-state index in [1.807, 2.05) is 0 Å². The van der Waals surface area contributed by atoms with E-state index in [1.54, 1.807) is 32.2 Å². The summed E-state index contributed by atoms with van der Waals surface area (Å²) in [6.07, 6.45) is 0.198. The van der Waals surface area contributed by atoms with E-state index in [9.17, 15) is 4.79 Å². The molecule has 1 amide bonds. The summed E-state index contributed by atoms with van der Waals surface area (Å²) in [5, 5.41) is 3.23. The number of nitrogens with one attached hydrogen (secondary N) is 1. The van der Waals surface area contributed by atoms with E-state index >= 15 is 0 Å². The first kappa shape index (κ1) is 15.8. The van der Waals surface area contributed by atoms with Crippen LogP contribution in [0.3, 0.4) is 0 Å². The Labute approximate surface area is 118 Å². The van der Waals surface area contributed by atoms with Gasteiger partial charge in [0.25, 0.3) is 5.91 Å². The van der Waals surface area contributed by atoms with Crippen LogP contribution in [0.4, 0.5) is 11.4 Å². The van der Waals surface area contributed by atoms with Crippen molar-refractivity contribution >= 4 is 28.9 Å². The zero-order valence-corrected chi connectivity index (χ0v) is 11.9. The molecule has 0 heterocycles. The summed E-state index contributed by atoms with van der Waals surface area (Å²) in [7, 11) is 1.62. The van der Waals surface area contributed by atoms with Crippen molar-refractivity contribution in [2.45, 2.75) is 19.4 Å². The highest BCUT2D eigenvalue weighted by Gasteiger charge is 2.14. The number of anilines is 2. The Bertz CT molecular complexity index is 426. The highest BCUT2D eigenvalue weighted by molar-refractivity contribution is 6.31. The molecule has 0 saturated carbocycles. The second-order valence-corrected chi connectivity index (χ2v) is 4.52. The van der Waals surface area contributed by atoms with Gasteiger partial charge in [-0.2, -0.15) is 0 Å². The minimum absolute atomic E-state index is 0.244. The molecule has 0 fully saturated rings. The van der Waals surface area contributed by atoms with Crippen LogP contribution in [0.2, 0.25) is 5.02 Å². The number of methoxy groups -OCH3 is 1. The predicted molar refractivity (Wildman–Crippen MR) is 76.4 cm³/mol. The molecule has 106 valence electrons. The van der Waals surface area contributed by atoms with Crippen molar-refractivity contribution in [2.24, 2.45) is 0 Å². The van der Waals surface area contributed by atoms with Crippen molar-refractivity contribution in [2.75, 3.05) is 31.4 Å². The number of hydrogen-bond donors (Lipinski definition) is 2. The number of hydrogen-bond acceptors (Lipinski definition) is 4. The number of benzene rings is 1. The second kappa shape index (κ2) is 7.99. The standard InChI is InChI=1S/C13H19ClN2O3/c1-9(19-7-3-6-18-2)13(17)16-12-5-4-10(14)8-11(12)15/h4-5,8-9H,3,6-7,15H2,1-2H3,(H,16,17). The van der Waals surface area contributed by atoms with E-state index in [0.29, 0.717) is 29.6 Å². The second-order valence-electron chi connectivity index (χ2n) is 4.08. The van der Waals surface area contributed by atoms with Gasteiger partial charge in [0.2, 0.25) is 0 Å². The third-order valence-corrected chi connectivity index (χ3v) is 2.74. The summed E-state index contributed by atoms with van der Waals surface area (Å²) in [6, 6.07) is 4.91. The Morgan fingerprint density at radius 1 is 1.47 bits per heavy atom. The number of ether oxygens (including phenoxy) is 2. The van der Waals surface area contributed by atoms with Gasteiger partial charge in [0, 0.05) is 25.3 Å². The van der Waals surface area contributed by atoms with Crippen molar-refractivity contribution in [3.8, 4) is 0 Å². The highest BCUT2D eigenvalue weighted by Crippen LogP contribution is 2.22. The fraction of sp³-hybridized carbons (Fsp3) is 0.462. The molecule has 5 nitrogen and oxygen atoms in total. The first-order valence-electron chi connectivity index (χ1n) is 6.01. The smallest absolute Gasteiger partial charge is 0.253 e. The van der Waals surface area contributed by atoms with Gasteiger partial charge in [0.15, 0.2) is 0 Å². The molecule has 1 atom stereocenters. The van der Waals surface area contributed by atoms with E-state index in [4.69, 9.17) is 26.8 Å². The summed E-state index contributed by atoms with van der Waals surface area (Å²) in [4.78, 5) is 11.9. The van der Waals surface area contributed by atoms with Crippen LogP contribution in [0, 0.1) is 0 Å². The van der Waals surface area contributed by atoms with Crippen molar-refractivity contribution < 1.29 is 14.3 Å². The van der Waals surface area contributed by atoms with Gasteiger partial charge < -0.3 is 20.5 Å². The summed E-state index contributed by atoms with van der Waals surface area (Å²) >= 11 is 5.79. The van der Waals surface area contributed by atoms with Crippen molar-refractivity contribution in [3.05, 3.63) is 23.2 Å². The van der Waals surface area contributed by atoms with E-state index in [2.05, 4.69) is 5.32 Å². The molecule has 1 aromatic rings. The third-order valence-electron chi connectivity index (χ3n) is 2.50. The molecule has 0 bridgehead atoms. The molecule has 0 aliphatic heterocycles. The molecule has 6 heteroatoms. The number of amides is 1. The number of rotatable bonds is 7. The average molecular weight is 287 g/mol. The van der Waals surface area contributed by atoms with Crippen LogP contribution in [0.25, 0.3) is 0 Å². The lowest BCUT2D eigenvalue weighted by Gasteiger charge is -2.14. The molecular weight excluding hydrogens is 268 g/mol. The molecule has 0 aliphatic carbocycles. The van der Waals surface area contributed by atoms with Gasteiger partial charge in [0.05, 0.1) is 11.4 Å². The van der Waals surface area contributed by atoms with Crippen LogP contribution in [0.1, 0.15) is 13.3 Å². The van der Waals surface area contributed by atoms with Gasteiger partial charge in [-0.3, -0.25) is 4.79 Å². The molecule has 3 N–H and O–H groups in total. The molecule has 0 saturated heterocycles. The Hall–Kier alpha value is -1.30. The molecule has 0 radical (unpaired) electrons. The van der Waals surface area contributed by atoms with E-state index < -0.39 is 6.10 Å². The molecule has 1 unspecified atom stereocenters. The van der Waals surface area contributed by atoms with E-state index in [1.165, 1.54) is 0 Å². The van der Waals surface area contributed by atoms with Crippen LogP contribution >= 0.6 is 11.6 Å². The largest absolute Gasteiger partial charge is 0.397 e. The lowest BCUT2D eigenvalue weighted by molar-refractivity contribution is -0.126. The summed E-state index contributed by atoms with van der Waals surface area (Å²) in [5.74, 6) is -0.244. The molecular formula is C13H19ClN2O3. The minimum atomic E-state index is -0.549. The maximum absolute atomic E-state index is 11.9. The van der Waals surface area contributed by atoms with Crippen LogP contribution < -0.4 is 11.1 Å². The topological polar surface area (TPSA) is 73.6 Å². The summed E-state index contributed by atoms with van der Waals surface area (Å²) in [6.45, 7) is 2.77.